The molecule has 0 aliphatic carbocycles. The molecule has 0 atom stereocenters. The zero-order valence-electron chi connectivity index (χ0n) is 22.6. The molecule has 210 valence electrons. The lowest BCUT2D eigenvalue weighted by Gasteiger charge is -2.35. The number of nitrogens with one attached hydrogen (secondary N) is 2. The van der Waals surface area contributed by atoms with Crippen molar-refractivity contribution in [1.82, 2.24) is 25.3 Å². The fourth-order valence-electron chi connectivity index (χ4n) is 5.18. The number of piperazine rings is 1. The lowest BCUT2D eigenvalue weighted by atomic mass is 10.1. The molecule has 1 saturated heterocycles. The molecule has 3 amide bonds. The number of hydrogen-bond acceptors (Lipinski definition) is 6. The van der Waals surface area contributed by atoms with Crippen LogP contribution in [0.4, 0.5) is 0 Å². The molecule has 3 aromatic carbocycles. The van der Waals surface area contributed by atoms with E-state index in [1.165, 1.54) is 0 Å². The first-order valence-electron chi connectivity index (χ1n) is 13.9. The number of ether oxygens (including phenoxy) is 2. The van der Waals surface area contributed by atoms with Gasteiger partial charge in [-0.25, -0.2) is 0 Å². The van der Waals surface area contributed by atoms with Crippen LogP contribution in [0, 0.1) is 0 Å². The quantitative estimate of drug-likeness (QED) is 0.339. The molecule has 2 N–H and O–H groups in total. The van der Waals surface area contributed by atoms with Gasteiger partial charge in [-0.2, -0.15) is 5.10 Å². The van der Waals surface area contributed by atoms with Crippen LogP contribution < -0.4 is 14.8 Å². The van der Waals surface area contributed by atoms with Gasteiger partial charge in [-0.1, -0.05) is 30.3 Å². The molecule has 41 heavy (non-hydrogen) atoms. The molecule has 1 aromatic heterocycles. The Hall–Kier alpha value is -4.86. The van der Waals surface area contributed by atoms with E-state index in [9.17, 15) is 14.4 Å². The fraction of sp³-hybridized carbons (Fsp3) is 0.290. The summed E-state index contributed by atoms with van der Waals surface area (Å²) in [5, 5.41) is 11.4. The molecule has 0 spiro atoms. The number of hydrogen-bond donors (Lipinski definition) is 2. The molecule has 4 aromatic rings. The number of aromatic amines is 1. The van der Waals surface area contributed by atoms with Crippen LogP contribution >= 0.6 is 0 Å². The summed E-state index contributed by atoms with van der Waals surface area (Å²) in [7, 11) is 0. The van der Waals surface area contributed by atoms with E-state index >= 15 is 0 Å². The van der Waals surface area contributed by atoms with E-state index in [-0.39, 0.29) is 17.7 Å². The normalized spacial score (nSPS) is 14.6. The van der Waals surface area contributed by atoms with Crippen LogP contribution in [0.25, 0.3) is 22.2 Å². The average Bonchev–Trinajstić information content (AvgIpc) is 3.47. The number of para-hydroxylation sites is 1. The highest BCUT2D eigenvalue weighted by Crippen LogP contribution is 2.31. The second kappa shape index (κ2) is 11.7. The van der Waals surface area contributed by atoms with Crippen molar-refractivity contribution in [2.24, 2.45) is 0 Å². The number of H-pyrrole nitrogens is 1. The van der Waals surface area contributed by atoms with Crippen LogP contribution in [-0.4, -0.2) is 83.7 Å². The van der Waals surface area contributed by atoms with Gasteiger partial charge in [-0.05, 0) is 42.8 Å². The molecular formula is C31H31N5O5. The summed E-state index contributed by atoms with van der Waals surface area (Å²) in [6.45, 7) is 3.28. The van der Waals surface area contributed by atoms with Gasteiger partial charge in [0.25, 0.3) is 11.8 Å². The Labute approximate surface area is 237 Å². The first-order chi connectivity index (χ1) is 20.1. The summed E-state index contributed by atoms with van der Waals surface area (Å²) in [4.78, 5) is 41.9. The summed E-state index contributed by atoms with van der Waals surface area (Å²) in [5.41, 5.74) is 3.84. The Morgan fingerprint density at radius 3 is 2.34 bits per heavy atom. The van der Waals surface area contributed by atoms with Crippen molar-refractivity contribution in [3.63, 3.8) is 0 Å². The molecule has 0 radical (unpaired) electrons. The van der Waals surface area contributed by atoms with E-state index in [4.69, 9.17) is 9.47 Å². The minimum absolute atomic E-state index is 0.0289. The van der Waals surface area contributed by atoms with E-state index in [1.54, 1.807) is 40.1 Å². The number of carbonyl (C=O) groups is 3. The summed E-state index contributed by atoms with van der Waals surface area (Å²) >= 11 is 0. The van der Waals surface area contributed by atoms with E-state index in [0.717, 1.165) is 22.2 Å². The molecule has 3 heterocycles. The highest BCUT2D eigenvalue weighted by molar-refractivity contribution is 5.97. The van der Waals surface area contributed by atoms with Gasteiger partial charge in [0.15, 0.2) is 11.5 Å². The molecule has 10 heteroatoms. The van der Waals surface area contributed by atoms with Gasteiger partial charge in [-0.15, -0.1) is 0 Å². The first-order valence-corrected chi connectivity index (χ1v) is 13.9. The Kier molecular flexibility index (Phi) is 7.53. The number of fused-ring (bicyclic) bond motifs is 2. The fourth-order valence-corrected chi connectivity index (χ4v) is 5.18. The second-order valence-electron chi connectivity index (χ2n) is 10.1. The van der Waals surface area contributed by atoms with Crippen molar-refractivity contribution >= 4 is 28.6 Å². The van der Waals surface area contributed by atoms with Crippen molar-refractivity contribution in [3.05, 3.63) is 77.9 Å². The van der Waals surface area contributed by atoms with Gasteiger partial charge in [0.2, 0.25) is 5.91 Å². The zero-order valence-corrected chi connectivity index (χ0v) is 22.6. The van der Waals surface area contributed by atoms with Crippen LogP contribution in [0.2, 0.25) is 0 Å². The smallest absolute Gasteiger partial charge is 0.254 e. The van der Waals surface area contributed by atoms with Gasteiger partial charge < -0.3 is 24.6 Å². The van der Waals surface area contributed by atoms with Gasteiger partial charge >= 0.3 is 0 Å². The molecule has 0 bridgehead atoms. The van der Waals surface area contributed by atoms with Crippen molar-refractivity contribution in [1.29, 1.82) is 0 Å². The average molecular weight is 554 g/mol. The van der Waals surface area contributed by atoms with Crippen LogP contribution in [0.5, 0.6) is 11.5 Å². The molecule has 2 aliphatic heterocycles. The summed E-state index contributed by atoms with van der Waals surface area (Å²) in [6, 6.07) is 20.5. The minimum Gasteiger partial charge on any atom is -0.486 e. The van der Waals surface area contributed by atoms with Crippen molar-refractivity contribution in [2.75, 3.05) is 45.9 Å². The molecule has 6 rings (SSSR count). The number of rotatable bonds is 7. The molecule has 1 fully saturated rings. The van der Waals surface area contributed by atoms with Crippen LogP contribution in [-0.2, 0) is 4.79 Å². The topological polar surface area (TPSA) is 117 Å². The third kappa shape index (κ3) is 5.72. The van der Waals surface area contributed by atoms with Gasteiger partial charge in [0, 0.05) is 61.2 Å². The second-order valence-corrected chi connectivity index (χ2v) is 10.1. The third-order valence-electron chi connectivity index (χ3n) is 7.45. The SMILES string of the molecule is O=C(NCCCC(=O)N1CCN(C(=O)c2ccc3c(c2)OCCO3)CC1)c1ccc(-c2n[nH]c3ccccc23)cc1. The van der Waals surface area contributed by atoms with Gasteiger partial charge in [0.1, 0.15) is 13.2 Å². The highest BCUT2D eigenvalue weighted by Gasteiger charge is 2.26. The molecule has 10 nitrogen and oxygen atoms in total. The number of nitrogens with zero attached hydrogens (tertiary/aromatic N) is 3. The lowest BCUT2D eigenvalue weighted by molar-refractivity contribution is -0.132. The van der Waals surface area contributed by atoms with E-state index in [2.05, 4.69) is 15.5 Å². The molecule has 0 unspecified atom stereocenters. The van der Waals surface area contributed by atoms with E-state index in [0.29, 0.717) is 81.4 Å². The first kappa shape index (κ1) is 26.4. The zero-order chi connectivity index (χ0) is 28.2. The Bertz CT molecular complexity index is 1570. The molecule has 2 aliphatic rings. The maximum Gasteiger partial charge on any atom is 0.254 e. The van der Waals surface area contributed by atoms with E-state index < -0.39 is 0 Å². The summed E-state index contributed by atoms with van der Waals surface area (Å²) < 4.78 is 11.1. The summed E-state index contributed by atoms with van der Waals surface area (Å²) in [5.74, 6) is 1.00. The lowest BCUT2D eigenvalue weighted by Crippen LogP contribution is -2.50. The standard InChI is InChI=1S/C31H31N5O5/c37-28(35-14-16-36(17-15-35)31(39)23-11-12-26-27(20-23)41-19-18-40-26)6-3-13-32-30(38)22-9-7-21(8-10-22)29-24-4-1-2-5-25(24)33-34-29/h1-2,4-5,7-12,20H,3,6,13-19H2,(H,32,38)(H,33,34). The molecule has 0 saturated carbocycles. The van der Waals surface area contributed by atoms with Crippen molar-refractivity contribution < 1.29 is 23.9 Å². The predicted octanol–water partition coefficient (Wildman–Crippen LogP) is 3.50. The van der Waals surface area contributed by atoms with Crippen molar-refractivity contribution in [3.8, 4) is 22.8 Å². The number of aromatic nitrogens is 2. The number of amides is 3. The Balaban J connectivity index is 0.930. The largest absolute Gasteiger partial charge is 0.486 e. The number of carbonyl (C=O) groups excluding carboxylic acids is 3. The maximum atomic E-state index is 13.0. The molecular weight excluding hydrogens is 522 g/mol. The van der Waals surface area contributed by atoms with Gasteiger partial charge in [0.05, 0.1) is 11.2 Å². The predicted molar refractivity (Wildman–Crippen MR) is 153 cm³/mol. The van der Waals surface area contributed by atoms with E-state index in [1.807, 2.05) is 36.4 Å². The number of benzene rings is 3. The van der Waals surface area contributed by atoms with Crippen LogP contribution in [0.1, 0.15) is 33.6 Å². The third-order valence-corrected chi connectivity index (χ3v) is 7.45. The minimum atomic E-state index is -0.179. The monoisotopic (exact) mass is 553 g/mol. The Morgan fingerprint density at radius 2 is 1.54 bits per heavy atom. The summed E-state index contributed by atoms with van der Waals surface area (Å²) in [6.07, 6.45) is 0.875. The van der Waals surface area contributed by atoms with Crippen LogP contribution in [0.15, 0.2) is 66.7 Å². The maximum absolute atomic E-state index is 13.0. The van der Waals surface area contributed by atoms with Crippen molar-refractivity contribution in [2.45, 2.75) is 12.8 Å². The highest BCUT2D eigenvalue weighted by atomic mass is 16.6. The van der Waals surface area contributed by atoms with Crippen LogP contribution in [0.3, 0.4) is 0 Å². The van der Waals surface area contributed by atoms with Gasteiger partial charge in [-0.3, -0.25) is 19.5 Å². The Morgan fingerprint density at radius 1 is 0.829 bits per heavy atom.